The lowest BCUT2D eigenvalue weighted by molar-refractivity contribution is 0.416. The summed E-state index contributed by atoms with van der Waals surface area (Å²) in [6.07, 6.45) is 3.82. The summed E-state index contributed by atoms with van der Waals surface area (Å²) in [5.41, 5.74) is 9.67. The summed E-state index contributed by atoms with van der Waals surface area (Å²) in [6, 6.07) is 5.97. The summed E-state index contributed by atoms with van der Waals surface area (Å²) >= 11 is 1.61. The highest BCUT2D eigenvalue weighted by molar-refractivity contribution is 7.13. The molecule has 0 amide bonds. The Bertz CT molecular complexity index is 857. The molecule has 3 aromatic rings. The van der Waals surface area contributed by atoms with Crippen LogP contribution >= 0.6 is 11.3 Å². The third-order valence-electron chi connectivity index (χ3n) is 4.26. The van der Waals surface area contributed by atoms with E-state index in [0.29, 0.717) is 5.92 Å². The number of anilines is 2. The zero-order valence-electron chi connectivity index (χ0n) is 15.4. The Morgan fingerprint density at radius 2 is 2.23 bits per heavy atom. The number of ether oxygens (including phenoxy) is 1. The molecular weight excluding hydrogens is 346 g/mol. The maximum Gasteiger partial charge on any atom is 0.187 e. The van der Waals surface area contributed by atoms with Gasteiger partial charge in [-0.3, -0.25) is 0 Å². The molecule has 0 fully saturated rings. The smallest absolute Gasteiger partial charge is 0.187 e. The number of rotatable bonds is 8. The first-order chi connectivity index (χ1) is 12.6. The summed E-state index contributed by atoms with van der Waals surface area (Å²) in [4.78, 5) is 12.3. The fourth-order valence-electron chi connectivity index (χ4n) is 2.63. The van der Waals surface area contributed by atoms with Crippen molar-refractivity contribution in [1.29, 1.82) is 0 Å². The quantitative estimate of drug-likeness (QED) is 0.554. The van der Waals surface area contributed by atoms with E-state index in [-0.39, 0.29) is 0 Å². The fraction of sp³-hybridized carbons (Fsp3) is 0.368. The Labute approximate surface area is 157 Å². The maximum atomic E-state index is 5.68. The monoisotopic (exact) mass is 371 g/mol. The van der Waals surface area contributed by atoms with Crippen molar-refractivity contribution in [3.8, 4) is 17.1 Å². The van der Waals surface area contributed by atoms with E-state index < -0.39 is 0 Å². The van der Waals surface area contributed by atoms with Gasteiger partial charge in [0.2, 0.25) is 0 Å². The average Bonchev–Trinajstić information content (AvgIpc) is 3.28. The van der Waals surface area contributed by atoms with E-state index in [2.05, 4.69) is 32.6 Å². The minimum atomic E-state index is 0.523. The number of aryl methyl sites for hydroxylation is 2. The molecule has 7 heteroatoms. The first kappa shape index (κ1) is 18.4. The van der Waals surface area contributed by atoms with Gasteiger partial charge in [-0.2, -0.15) is 0 Å². The molecule has 0 aliphatic heterocycles. The Kier molecular flexibility index (Phi) is 5.90. The number of nitrogens with zero attached hydrogens (tertiary/aromatic N) is 2. The van der Waals surface area contributed by atoms with Gasteiger partial charge in [-0.15, -0.1) is 11.3 Å². The van der Waals surface area contributed by atoms with Crippen molar-refractivity contribution < 1.29 is 4.74 Å². The van der Waals surface area contributed by atoms with E-state index in [9.17, 15) is 0 Å². The molecular formula is C19H25N5OS. The van der Waals surface area contributed by atoms with Crippen LogP contribution in [-0.2, 0) is 6.42 Å². The van der Waals surface area contributed by atoms with Crippen molar-refractivity contribution in [2.45, 2.75) is 26.7 Å². The SMILES string of the molecule is COc1cc(Nc2nc(CC[C@H](C)CN)cs2)ccc1-c1ncc(C)[nH]1. The lowest BCUT2D eigenvalue weighted by Gasteiger charge is -2.10. The van der Waals surface area contributed by atoms with Gasteiger partial charge in [0, 0.05) is 29.0 Å². The molecule has 0 saturated carbocycles. The molecule has 0 saturated heterocycles. The molecule has 4 N–H and O–H groups in total. The van der Waals surface area contributed by atoms with Crippen molar-refractivity contribution >= 4 is 22.2 Å². The zero-order chi connectivity index (χ0) is 18.5. The number of nitrogens with two attached hydrogens (primary N) is 1. The topological polar surface area (TPSA) is 88.8 Å². The van der Waals surface area contributed by atoms with Crippen LogP contribution in [0.4, 0.5) is 10.8 Å². The Hall–Kier alpha value is -2.38. The third kappa shape index (κ3) is 4.42. The Morgan fingerprint density at radius 3 is 2.92 bits per heavy atom. The lowest BCUT2D eigenvalue weighted by Crippen LogP contribution is -2.11. The molecule has 0 radical (unpaired) electrons. The lowest BCUT2D eigenvalue weighted by atomic mass is 10.1. The number of H-pyrrole nitrogens is 1. The van der Waals surface area contributed by atoms with Crippen LogP contribution in [0.2, 0.25) is 0 Å². The Balaban J connectivity index is 1.71. The van der Waals surface area contributed by atoms with E-state index in [1.54, 1.807) is 18.4 Å². The number of aromatic amines is 1. The van der Waals surface area contributed by atoms with Crippen LogP contribution < -0.4 is 15.8 Å². The van der Waals surface area contributed by atoms with Crippen LogP contribution in [0, 0.1) is 12.8 Å². The van der Waals surface area contributed by atoms with Gasteiger partial charge in [-0.05, 0) is 44.4 Å². The largest absolute Gasteiger partial charge is 0.496 e. The Morgan fingerprint density at radius 1 is 1.38 bits per heavy atom. The first-order valence-electron chi connectivity index (χ1n) is 8.70. The second-order valence-corrected chi connectivity index (χ2v) is 7.34. The molecule has 0 bridgehead atoms. The highest BCUT2D eigenvalue weighted by Crippen LogP contribution is 2.32. The molecule has 26 heavy (non-hydrogen) atoms. The van der Waals surface area contributed by atoms with Gasteiger partial charge in [0.15, 0.2) is 5.13 Å². The minimum absolute atomic E-state index is 0.523. The number of methoxy groups -OCH3 is 1. The van der Waals surface area contributed by atoms with Gasteiger partial charge >= 0.3 is 0 Å². The van der Waals surface area contributed by atoms with E-state index in [1.807, 2.05) is 31.3 Å². The highest BCUT2D eigenvalue weighted by atomic mass is 32.1. The zero-order valence-corrected chi connectivity index (χ0v) is 16.2. The van der Waals surface area contributed by atoms with Gasteiger partial charge in [0.25, 0.3) is 0 Å². The van der Waals surface area contributed by atoms with Gasteiger partial charge in [0.05, 0.1) is 18.4 Å². The highest BCUT2D eigenvalue weighted by Gasteiger charge is 2.11. The van der Waals surface area contributed by atoms with Gasteiger partial charge in [-0.25, -0.2) is 9.97 Å². The first-order valence-corrected chi connectivity index (χ1v) is 9.58. The number of thiazole rings is 1. The van der Waals surface area contributed by atoms with Crippen LogP contribution in [0.15, 0.2) is 29.8 Å². The normalized spacial score (nSPS) is 12.2. The van der Waals surface area contributed by atoms with Crippen LogP contribution in [0.5, 0.6) is 5.75 Å². The molecule has 1 aromatic carbocycles. The number of imidazole rings is 1. The second-order valence-electron chi connectivity index (χ2n) is 6.48. The van der Waals surface area contributed by atoms with E-state index in [1.165, 1.54) is 0 Å². The number of hydrogen-bond donors (Lipinski definition) is 3. The van der Waals surface area contributed by atoms with Gasteiger partial charge < -0.3 is 20.8 Å². The van der Waals surface area contributed by atoms with Crippen molar-refractivity contribution in [3.63, 3.8) is 0 Å². The van der Waals surface area contributed by atoms with Crippen molar-refractivity contribution in [2.24, 2.45) is 11.7 Å². The van der Waals surface area contributed by atoms with Crippen LogP contribution in [0.3, 0.4) is 0 Å². The predicted octanol–water partition coefficient (Wildman–Crippen LogP) is 4.12. The molecule has 0 unspecified atom stereocenters. The average molecular weight is 372 g/mol. The molecule has 3 rings (SSSR count). The van der Waals surface area contributed by atoms with Crippen LogP contribution in [0.25, 0.3) is 11.4 Å². The molecule has 2 heterocycles. The maximum absolute atomic E-state index is 5.68. The summed E-state index contributed by atoms with van der Waals surface area (Å²) < 4.78 is 5.54. The number of nitrogens with one attached hydrogen (secondary N) is 2. The standard InChI is InChI=1S/C19H25N5OS/c1-12(9-20)4-5-15-11-26-19(24-15)23-14-6-7-16(17(8-14)25-3)18-21-10-13(2)22-18/h6-8,10-12H,4-5,9,20H2,1-3H3,(H,21,22)(H,23,24)/t12-/m0/s1. The van der Waals surface area contributed by atoms with E-state index >= 15 is 0 Å². The molecule has 0 aliphatic carbocycles. The molecule has 6 nitrogen and oxygen atoms in total. The van der Waals surface area contributed by atoms with E-state index in [4.69, 9.17) is 10.5 Å². The molecule has 0 aliphatic rings. The summed E-state index contributed by atoms with van der Waals surface area (Å²) in [5, 5.41) is 6.34. The summed E-state index contributed by atoms with van der Waals surface area (Å²) in [6.45, 7) is 4.86. The van der Waals surface area contributed by atoms with Crippen molar-refractivity contribution in [1.82, 2.24) is 15.0 Å². The van der Waals surface area contributed by atoms with E-state index in [0.717, 1.165) is 58.7 Å². The van der Waals surface area contributed by atoms with Crippen LogP contribution in [0.1, 0.15) is 24.7 Å². The summed E-state index contributed by atoms with van der Waals surface area (Å²) in [5.74, 6) is 2.09. The van der Waals surface area contributed by atoms with Crippen molar-refractivity contribution in [3.05, 3.63) is 41.2 Å². The van der Waals surface area contributed by atoms with Crippen molar-refractivity contribution in [2.75, 3.05) is 19.0 Å². The number of hydrogen-bond acceptors (Lipinski definition) is 6. The number of benzene rings is 1. The van der Waals surface area contributed by atoms with Gasteiger partial charge in [-0.1, -0.05) is 6.92 Å². The van der Waals surface area contributed by atoms with Crippen LogP contribution in [-0.4, -0.2) is 28.6 Å². The minimum Gasteiger partial charge on any atom is -0.496 e. The number of aromatic nitrogens is 3. The fourth-order valence-corrected chi connectivity index (χ4v) is 3.39. The molecule has 2 aromatic heterocycles. The predicted molar refractivity (Wildman–Crippen MR) is 107 cm³/mol. The molecule has 0 spiro atoms. The second kappa shape index (κ2) is 8.33. The molecule has 138 valence electrons. The van der Waals surface area contributed by atoms with Gasteiger partial charge in [0.1, 0.15) is 11.6 Å². The molecule has 1 atom stereocenters. The third-order valence-corrected chi connectivity index (χ3v) is 5.06. The summed E-state index contributed by atoms with van der Waals surface area (Å²) in [7, 11) is 1.67.